The number of hydrogen-bond acceptors (Lipinski definition) is 5. The lowest BCUT2D eigenvalue weighted by molar-refractivity contribution is 0.190. The summed E-state index contributed by atoms with van der Waals surface area (Å²) in [5.74, 6) is 0.777. The molecule has 7 heteroatoms. The highest BCUT2D eigenvalue weighted by molar-refractivity contribution is 5.79. The third-order valence-electron chi connectivity index (χ3n) is 7.28. The number of benzene rings is 2. The van der Waals surface area contributed by atoms with Crippen LogP contribution in [0.5, 0.6) is 0 Å². The number of fused-ring (bicyclic) bond motifs is 2. The molecule has 0 amide bonds. The van der Waals surface area contributed by atoms with Crippen LogP contribution in [-0.2, 0) is 13.0 Å². The number of rotatable bonds is 4. The maximum atomic E-state index is 13.4. The van der Waals surface area contributed by atoms with Crippen molar-refractivity contribution in [1.29, 1.82) is 0 Å². The second-order valence-electron chi connectivity index (χ2n) is 9.46. The first kappa shape index (κ1) is 20.3. The van der Waals surface area contributed by atoms with E-state index in [2.05, 4.69) is 62.7 Å². The fourth-order valence-corrected chi connectivity index (χ4v) is 5.57. The summed E-state index contributed by atoms with van der Waals surface area (Å²) in [6.07, 6.45) is 5.51. The largest absolute Gasteiger partial charge is 0.322 e. The number of nitrogens with zero attached hydrogens (tertiary/aromatic N) is 5. The summed E-state index contributed by atoms with van der Waals surface area (Å²) in [5, 5.41) is 14.0. The van der Waals surface area contributed by atoms with Gasteiger partial charge in [0, 0.05) is 24.2 Å². The molecule has 1 aliphatic carbocycles. The van der Waals surface area contributed by atoms with Crippen LogP contribution in [0.2, 0.25) is 0 Å². The van der Waals surface area contributed by atoms with Gasteiger partial charge in [0.2, 0.25) is 0 Å². The molecule has 1 unspecified atom stereocenters. The lowest BCUT2D eigenvalue weighted by Crippen LogP contribution is -2.39. The van der Waals surface area contributed by atoms with Gasteiger partial charge in [0.15, 0.2) is 5.82 Å². The minimum absolute atomic E-state index is 0.0730. The van der Waals surface area contributed by atoms with Crippen LogP contribution in [0.3, 0.4) is 0 Å². The van der Waals surface area contributed by atoms with Gasteiger partial charge in [-0.1, -0.05) is 48.7 Å². The van der Waals surface area contributed by atoms with Gasteiger partial charge in [-0.3, -0.25) is 9.69 Å². The molecule has 4 aromatic rings. The molecule has 0 spiro atoms. The number of hydrogen-bond donors (Lipinski definition) is 1. The summed E-state index contributed by atoms with van der Waals surface area (Å²) >= 11 is 0. The molecule has 33 heavy (non-hydrogen) atoms. The summed E-state index contributed by atoms with van der Waals surface area (Å²) < 4.78 is 2.00. The Morgan fingerprint density at radius 2 is 1.88 bits per heavy atom. The van der Waals surface area contributed by atoms with Crippen LogP contribution in [0, 0.1) is 6.92 Å². The minimum Gasteiger partial charge on any atom is -0.322 e. The lowest BCUT2D eigenvalue weighted by atomic mass is 9.95. The quantitative estimate of drug-likeness (QED) is 0.517. The summed E-state index contributed by atoms with van der Waals surface area (Å²) in [7, 11) is 0. The summed E-state index contributed by atoms with van der Waals surface area (Å²) in [5.41, 5.74) is 5.34. The molecule has 1 atom stereocenters. The van der Waals surface area contributed by atoms with Gasteiger partial charge in [0.25, 0.3) is 5.56 Å². The molecule has 0 saturated heterocycles. The highest BCUT2D eigenvalue weighted by Gasteiger charge is 2.34. The number of aromatic amines is 1. The van der Waals surface area contributed by atoms with Crippen LogP contribution in [0.1, 0.15) is 65.8 Å². The van der Waals surface area contributed by atoms with Crippen LogP contribution < -0.4 is 5.56 Å². The number of pyridine rings is 1. The minimum atomic E-state index is -0.303. The van der Waals surface area contributed by atoms with Crippen molar-refractivity contribution >= 4 is 10.9 Å². The van der Waals surface area contributed by atoms with Crippen molar-refractivity contribution in [3.63, 3.8) is 0 Å². The molecule has 1 fully saturated rings. The molecule has 3 heterocycles. The summed E-state index contributed by atoms with van der Waals surface area (Å²) in [4.78, 5) is 18.9. The van der Waals surface area contributed by atoms with Crippen LogP contribution in [-0.4, -0.2) is 36.6 Å². The molecule has 0 radical (unpaired) electrons. The predicted octanol–water partition coefficient (Wildman–Crippen LogP) is 4.09. The van der Waals surface area contributed by atoms with E-state index in [9.17, 15) is 4.79 Å². The van der Waals surface area contributed by atoms with Gasteiger partial charge in [0.05, 0.1) is 6.04 Å². The lowest BCUT2D eigenvalue weighted by Gasteiger charge is -2.35. The van der Waals surface area contributed by atoms with E-state index in [0.29, 0.717) is 11.6 Å². The number of H-pyrrole nitrogens is 1. The van der Waals surface area contributed by atoms with Crippen molar-refractivity contribution in [3.8, 4) is 0 Å². The highest BCUT2D eigenvalue weighted by atomic mass is 16.1. The van der Waals surface area contributed by atoms with Crippen molar-refractivity contribution in [1.82, 2.24) is 30.1 Å². The second-order valence-corrected chi connectivity index (χ2v) is 9.46. The molecule has 0 bridgehead atoms. The molecular weight excluding hydrogens is 412 g/mol. The first-order valence-corrected chi connectivity index (χ1v) is 11.9. The fraction of sp³-hybridized carbons (Fsp3) is 0.385. The SMILES string of the molecule is Cc1ccc2[nH]c(=O)c(C(c3nnnn3C3CCCC3)N3CCc4ccccc4C3)cc2c1. The average Bonchev–Trinajstić information content (AvgIpc) is 3.52. The fourth-order valence-electron chi connectivity index (χ4n) is 5.57. The zero-order valence-corrected chi connectivity index (χ0v) is 18.9. The smallest absolute Gasteiger partial charge is 0.253 e. The Labute approximate surface area is 192 Å². The van der Waals surface area contributed by atoms with E-state index in [4.69, 9.17) is 0 Å². The predicted molar refractivity (Wildman–Crippen MR) is 127 cm³/mol. The maximum Gasteiger partial charge on any atom is 0.253 e. The van der Waals surface area contributed by atoms with Crippen LogP contribution in [0.25, 0.3) is 10.9 Å². The van der Waals surface area contributed by atoms with Crippen molar-refractivity contribution in [2.45, 2.75) is 57.7 Å². The van der Waals surface area contributed by atoms with Crippen molar-refractivity contribution in [2.24, 2.45) is 0 Å². The van der Waals surface area contributed by atoms with Crippen molar-refractivity contribution in [3.05, 3.63) is 87.0 Å². The Kier molecular flexibility index (Phi) is 5.06. The first-order valence-electron chi connectivity index (χ1n) is 11.9. The standard InChI is InChI=1S/C26H28N6O/c1-17-10-11-23-20(14-17)15-22(26(33)27-23)24(25-28-29-30-32(25)21-8-4-5-9-21)31-13-12-18-6-2-3-7-19(18)16-31/h2-3,6-7,10-11,14-15,21,24H,4-5,8-9,12-13,16H2,1H3,(H,27,33). The van der Waals surface area contributed by atoms with Gasteiger partial charge in [-0.05, 0) is 71.3 Å². The molecule has 2 aliphatic rings. The van der Waals surface area contributed by atoms with Gasteiger partial charge >= 0.3 is 0 Å². The van der Waals surface area contributed by atoms with Gasteiger partial charge in [-0.25, -0.2) is 4.68 Å². The van der Waals surface area contributed by atoms with E-state index in [-0.39, 0.29) is 11.6 Å². The topological polar surface area (TPSA) is 79.7 Å². The molecule has 2 aromatic heterocycles. The van der Waals surface area contributed by atoms with E-state index in [0.717, 1.165) is 49.1 Å². The van der Waals surface area contributed by atoms with Crippen molar-refractivity contribution in [2.75, 3.05) is 6.54 Å². The number of nitrogens with one attached hydrogen (secondary N) is 1. The monoisotopic (exact) mass is 440 g/mol. The molecule has 7 nitrogen and oxygen atoms in total. The second kappa shape index (κ2) is 8.23. The Bertz CT molecular complexity index is 1370. The van der Waals surface area contributed by atoms with E-state index < -0.39 is 0 Å². The molecular formula is C26H28N6O. The third-order valence-corrected chi connectivity index (χ3v) is 7.28. The van der Waals surface area contributed by atoms with E-state index in [1.54, 1.807) is 0 Å². The zero-order chi connectivity index (χ0) is 22.4. The Morgan fingerprint density at radius 1 is 1.06 bits per heavy atom. The van der Waals surface area contributed by atoms with E-state index in [1.165, 1.54) is 29.5 Å². The third kappa shape index (κ3) is 3.66. The maximum absolute atomic E-state index is 13.4. The average molecular weight is 441 g/mol. The van der Waals surface area contributed by atoms with Gasteiger partial charge < -0.3 is 4.98 Å². The first-order chi connectivity index (χ1) is 16.2. The van der Waals surface area contributed by atoms with Crippen LogP contribution in [0.15, 0.2) is 53.3 Å². The number of tetrazole rings is 1. The van der Waals surface area contributed by atoms with Gasteiger partial charge in [-0.2, -0.15) is 0 Å². The molecule has 2 aromatic carbocycles. The zero-order valence-electron chi connectivity index (χ0n) is 18.9. The van der Waals surface area contributed by atoms with Crippen LogP contribution >= 0.6 is 0 Å². The normalized spacial score (nSPS) is 18.0. The molecule has 1 saturated carbocycles. The number of aromatic nitrogens is 5. The van der Waals surface area contributed by atoms with E-state index >= 15 is 0 Å². The molecule has 1 N–H and O–H groups in total. The Balaban J connectivity index is 1.51. The molecule has 1 aliphatic heterocycles. The summed E-state index contributed by atoms with van der Waals surface area (Å²) in [6, 6.07) is 16.7. The van der Waals surface area contributed by atoms with Gasteiger partial charge in [-0.15, -0.1) is 5.10 Å². The Hall–Kier alpha value is -3.32. The number of aryl methyl sites for hydroxylation is 1. The van der Waals surface area contributed by atoms with E-state index in [1.807, 2.05) is 22.9 Å². The highest BCUT2D eigenvalue weighted by Crippen LogP contribution is 2.35. The Morgan fingerprint density at radius 3 is 2.73 bits per heavy atom. The van der Waals surface area contributed by atoms with Gasteiger partial charge in [0.1, 0.15) is 6.04 Å². The molecule has 6 rings (SSSR count). The van der Waals surface area contributed by atoms with Crippen LogP contribution in [0.4, 0.5) is 0 Å². The summed E-state index contributed by atoms with van der Waals surface area (Å²) in [6.45, 7) is 3.69. The molecule has 168 valence electrons. The van der Waals surface area contributed by atoms with Crippen molar-refractivity contribution < 1.29 is 0 Å².